The molecule has 0 radical (unpaired) electrons. The number of phenolic OH excluding ortho intramolecular Hbond substituents is 1. The van der Waals surface area contributed by atoms with Crippen LogP contribution in [0.2, 0.25) is 5.02 Å². The van der Waals surface area contributed by atoms with Gasteiger partial charge in [0.2, 0.25) is 11.8 Å². The molecule has 44 heavy (non-hydrogen) atoms. The van der Waals surface area contributed by atoms with E-state index in [-0.39, 0.29) is 24.2 Å². The van der Waals surface area contributed by atoms with Gasteiger partial charge in [0.05, 0.1) is 25.4 Å². The minimum Gasteiger partial charge on any atom is -0.507 e. The van der Waals surface area contributed by atoms with Crippen molar-refractivity contribution in [1.82, 2.24) is 14.7 Å². The molecule has 0 bridgehead atoms. The van der Waals surface area contributed by atoms with E-state index in [2.05, 4.69) is 22.3 Å². The summed E-state index contributed by atoms with van der Waals surface area (Å²) in [6.07, 6.45) is 9.05. The highest BCUT2D eigenvalue weighted by atomic mass is 35.5. The lowest BCUT2D eigenvalue weighted by atomic mass is 9.86. The van der Waals surface area contributed by atoms with Gasteiger partial charge in [-0.2, -0.15) is 5.10 Å². The van der Waals surface area contributed by atoms with Crippen LogP contribution in [0.15, 0.2) is 48.7 Å². The van der Waals surface area contributed by atoms with Crippen LogP contribution in [0.1, 0.15) is 62.5 Å². The normalized spacial score (nSPS) is 19.9. The summed E-state index contributed by atoms with van der Waals surface area (Å²) in [5.74, 6) is 6.46. The number of phenols is 1. The molecule has 2 N–H and O–H groups in total. The van der Waals surface area contributed by atoms with Gasteiger partial charge in [0.15, 0.2) is 0 Å². The summed E-state index contributed by atoms with van der Waals surface area (Å²) in [7, 11) is 1.79. The molecule has 2 saturated heterocycles. The fourth-order valence-corrected chi connectivity index (χ4v) is 6.72. The zero-order valence-corrected chi connectivity index (χ0v) is 25.6. The molecule has 3 aromatic rings. The van der Waals surface area contributed by atoms with Gasteiger partial charge in [-0.05, 0) is 61.2 Å². The molecule has 2 amide bonds. The summed E-state index contributed by atoms with van der Waals surface area (Å²) >= 11 is 6.15. The van der Waals surface area contributed by atoms with Crippen LogP contribution in [0.5, 0.6) is 5.75 Å². The van der Waals surface area contributed by atoms with Crippen LogP contribution in [-0.4, -0.2) is 63.2 Å². The van der Waals surface area contributed by atoms with Crippen molar-refractivity contribution < 1.29 is 24.2 Å². The molecule has 3 aliphatic rings. The minimum atomic E-state index is -0.779. The standard InChI is InChI=1S/C34H37ClN4O5/c1-38-21-25(32(37-38)28-20-26(35)11-14-30(28)40)10-7-23-8-12-27(13-9-23)36-33(42)29-22-44-34(15-17-43-18-16-34)39(29)31(41)19-24-5-3-2-4-6-24/h8-9,11-14,20-21,24,29,40H,2-6,15-19,22H2,1H3,(H,36,42)/t29-/m0/s1. The number of rotatable bonds is 5. The lowest BCUT2D eigenvalue weighted by Gasteiger charge is -2.42. The molecule has 1 atom stereocenters. The van der Waals surface area contributed by atoms with Gasteiger partial charge < -0.3 is 19.9 Å². The number of carbonyl (C=O) groups is 2. The maximum absolute atomic E-state index is 13.7. The number of benzene rings is 2. The highest BCUT2D eigenvalue weighted by molar-refractivity contribution is 6.31. The SMILES string of the molecule is Cn1cc(C#Cc2ccc(NC(=O)[C@@H]3COC4(CCOCC4)N3C(=O)CC3CCCCC3)cc2)c(-c2cc(Cl)ccc2O)n1. The van der Waals surface area contributed by atoms with Crippen LogP contribution in [-0.2, 0) is 26.1 Å². The first kappa shape index (κ1) is 30.2. The number of nitrogens with zero attached hydrogens (tertiary/aromatic N) is 3. The van der Waals surface area contributed by atoms with Crippen LogP contribution in [0.4, 0.5) is 5.69 Å². The summed E-state index contributed by atoms with van der Waals surface area (Å²) in [6.45, 7) is 1.18. The molecule has 2 aromatic carbocycles. The second kappa shape index (κ2) is 13.0. The van der Waals surface area contributed by atoms with E-state index in [1.165, 1.54) is 12.5 Å². The molecule has 1 aliphatic carbocycles. The van der Waals surface area contributed by atoms with Gasteiger partial charge in [-0.15, -0.1) is 0 Å². The van der Waals surface area contributed by atoms with Crippen molar-refractivity contribution in [1.29, 1.82) is 0 Å². The Morgan fingerprint density at radius 3 is 2.59 bits per heavy atom. The van der Waals surface area contributed by atoms with Gasteiger partial charge in [0.25, 0.3) is 0 Å². The third kappa shape index (κ3) is 6.48. The zero-order chi connectivity index (χ0) is 30.7. The Balaban J connectivity index is 1.16. The van der Waals surface area contributed by atoms with Crippen molar-refractivity contribution in [3.8, 4) is 28.8 Å². The molecule has 2 aliphatic heterocycles. The summed E-state index contributed by atoms with van der Waals surface area (Å²) < 4.78 is 13.5. The van der Waals surface area contributed by atoms with Gasteiger partial charge in [-0.3, -0.25) is 19.2 Å². The molecule has 3 fully saturated rings. The molecule has 3 heterocycles. The highest BCUT2D eigenvalue weighted by Gasteiger charge is 2.53. The fraction of sp³-hybridized carbons (Fsp3) is 0.441. The van der Waals surface area contributed by atoms with Crippen LogP contribution in [0.25, 0.3) is 11.3 Å². The molecule has 1 aromatic heterocycles. The number of ether oxygens (including phenoxy) is 2. The monoisotopic (exact) mass is 616 g/mol. The molecule has 1 saturated carbocycles. The van der Waals surface area contributed by atoms with Crippen LogP contribution >= 0.6 is 11.6 Å². The molecular weight excluding hydrogens is 580 g/mol. The van der Waals surface area contributed by atoms with E-state index in [0.29, 0.717) is 65.9 Å². The van der Waals surface area contributed by atoms with Crippen LogP contribution < -0.4 is 5.32 Å². The van der Waals surface area contributed by atoms with Gasteiger partial charge in [0, 0.05) is 54.3 Å². The highest BCUT2D eigenvalue weighted by Crippen LogP contribution is 2.39. The Kier molecular flexibility index (Phi) is 8.94. The largest absolute Gasteiger partial charge is 0.507 e. The predicted molar refractivity (Wildman–Crippen MR) is 167 cm³/mol. The molecule has 230 valence electrons. The van der Waals surface area contributed by atoms with Crippen molar-refractivity contribution in [2.75, 3.05) is 25.1 Å². The third-order valence-electron chi connectivity index (χ3n) is 8.83. The number of carbonyl (C=O) groups excluding carboxylic acids is 2. The summed E-state index contributed by atoms with van der Waals surface area (Å²) in [5.41, 5.74) is 2.25. The van der Waals surface area contributed by atoms with Gasteiger partial charge in [-0.1, -0.05) is 42.7 Å². The lowest BCUT2D eigenvalue weighted by Crippen LogP contribution is -2.57. The number of hydrogen-bond donors (Lipinski definition) is 2. The molecule has 1 spiro atoms. The van der Waals surface area contributed by atoms with Crippen molar-refractivity contribution >= 4 is 29.1 Å². The number of halogens is 1. The first-order chi connectivity index (χ1) is 21.3. The number of hydrogen-bond acceptors (Lipinski definition) is 6. The van der Waals surface area contributed by atoms with E-state index < -0.39 is 11.8 Å². The summed E-state index contributed by atoms with van der Waals surface area (Å²) in [6, 6.07) is 11.3. The van der Waals surface area contributed by atoms with Crippen molar-refractivity contribution in [3.63, 3.8) is 0 Å². The first-order valence-corrected chi connectivity index (χ1v) is 15.7. The number of aromatic hydroxyl groups is 1. The maximum atomic E-state index is 13.7. The van der Waals surface area contributed by atoms with Gasteiger partial charge >= 0.3 is 0 Å². The Morgan fingerprint density at radius 1 is 1.09 bits per heavy atom. The molecule has 6 rings (SSSR count). The second-order valence-corrected chi connectivity index (χ2v) is 12.3. The van der Waals surface area contributed by atoms with E-state index in [4.69, 9.17) is 21.1 Å². The Bertz CT molecular complexity index is 1580. The van der Waals surface area contributed by atoms with Crippen molar-refractivity contribution in [2.45, 2.75) is 63.1 Å². The summed E-state index contributed by atoms with van der Waals surface area (Å²) in [4.78, 5) is 29.0. The van der Waals surface area contributed by atoms with Crippen molar-refractivity contribution in [2.24, 2.45) is 13.0 Å². The number of aryl methyl sites for hydroxylation is 1. The predicted octanol–water partition coefficient (Wildman–Crippen LogP) is 5.49. The molecule has 0 unspecified atom stereocenters. The lowest BCUT2D eigenvalue weighted by molar-refractivity contribution is -0.171. The molecule has 9 nitrogen and oxygen atoms in total. The van der Waals surface area contributed by atoms with E-state index in [1.54, 1.807) is 47.1 Å². The molecule has 10 heteroatoms. The first-order valence-electron chi connectivity index (χ1n) is 15.3. The number of amides is 2. The topological polar surface area (TPSA) is 106 Å². The van der Waals surface area contributed by atoms with Crippen LogP contribution in [0.3, 0.4) is 0 Å². The van der Waals surface area contributed by atoms with E-state index >= 15 is 0 Å². The number of anilines is 1. The average molecular weight is 617 g/mol. The zero-order valence-electron chi connectivity index (χ0n) is 24.9. The van der Waals surface area contributed by atoms with E-state index in [0.717, 1.165) is 31.2 Å². The van der Waals surface area contributed by atoms with Gasteiger partial charge in [0.1, 0.15) is 23.2 Å². The van der Waals surface area contributed by atoms with Crippen molar-refractivity contribution in [3.05, 3.63) is 64.8 Å². The van der Waals surface area contributed by atoms with Gasteiger partial charge in [-0.25, -0.2) is 0 Å². The quantitative estimate of drug-likeness (QED) is 0.367. The van der Waals surface area contributed by atoms with E-state index in [9.17, 15) is 14.7 Å². The number of nitrogens with one attached hydrogen (secondary N) is 1. The Labute approximate surface area is 262 Å². The Morgan fingerprint density at radius 2 is 1.84 bits per heavy atom. The van der Waals surface area contributed by atoms with E-state index in [1.807, 2.05) is 12.1 Å². The second-order valence-electron chi connectivity index (χ2n) is 11.9. The smallest absolute Gasteiger partial charge is 0.249 e. The average Bonchev–Trinajstić information content (AvgIpc) is 3.58. The minimum absolute atomic E-state index is 0.00272. The summed E-state index contributed by atoms with van der Waals surface area (Å²) in [5, 5.41) is 18.3. The fourth-order valence-electron chi connectivity index (χ4n) is 6.55. The maximum Gasteiger partial charge on any atom is 0.249 e. The number of aromatic nitrogens is 2. The Hall–Kier alpha value is -3.84. The van der Waals surface area contributed by atoms with Crippen LogP contribution in [0, 0.1) is 17.8 Å². The molecular formula is C34H37ClN4O5. The third-order valence-corrected chi connectivity index (χ3v) is 9.07.